The highest BCUT2D eigenvalue weighted by Crippen LogP contribution is 2.32. The summed E-state index contributed by atoms with van der Waals surface area (Å²) in [5.41, 5.74) is 1.11. The average Bonchev–Trinajstić information content (AvgIpc) is 3.25. The van der Waals surface area contributed by atoms with Gasteiger partial charge in [0, 0.05) is 44.5 Å². The first-order valence-corrected chi connectivity index (χ1v) is 9.58. The number of para-hydroxylation sites is 1. The lowest BCUT2D eigenvalue weighted by Crippen LogP contribution is -2.39. The number of amides is 1. The van der Waals surface area contributed by atoms with E-state index >= 15 is 0 Å². The first-order chi connectivity index (χ1) is 13.2. The number of piperidine rings is 1. The molecule has 142 valence electrons. The van der Waals surface area contributed by atoms with Gasteiger partial charge in [0.05, 0.1) is 5.69 Å². The third-order valence-corrected chi connectivity index (χ3v) is 5.39. The number of hydrogen-bond acceptors (Lipinski definition) is 5. The Kier molecular flexibility index (Phi) is 5.18. The fourth-order valence-corrected chi connectivity index (χ4v) is 3.88. The second kappa shape index (κ2) is 7.90. The molecule has 1 N–H and O–H groups in total. The van der Waals surface area contributed by atoms with Crippen molar-refractivity contribution in [3.8, 4) is 0 Å². The highest BCUT2D eigenvalue weighted by atomic mass is 19.1. The van der Waals surface area contributed by atoms with Crippen molar-refractivity contribution >= 4 is 23.2 Å². The number of rotatable bonds is 4. The summed E-state index contributed by atoms with van der Waals surface area (Å²) in [5.74, 6) is 0.0924. The van der Waals surface area contributed by atoms with Gasteiger partial charge in [0.2, 0.25) is 11.9 Å². The van der Waals surface area contributed by atoms with E-state index in [1.807, 2.05) is 6.07 Å². The molecule has 4 rings (SSSR count). The number of hydrogen-bond donors (Lipinski definition) is 1. The van der Waals surface area contributed by atoms with Gasteiger partial charge in [0.15, 0.2) is 0 Å². The van der Waals surface area contributed by atoms with E-state index in [4.69, 9.17) is 0 Å². The third kappa shape index (κ3) is 3.86. The van der Waals surface area contributed by atoms with Crippen molar-refractivity contribution in [2.75, 3.05) is 41.3 Å². The maximum Gasteiger partial charge on any atom is 0.227 e. The van der Waals surface area contributed by atoms with Gasteiger partial charge in [0.25, 0.3) is 0 Å². The molecule has 2 aliphatic rings. The monoisotopic (exact) mass is 369 g/mol. The van der Waals surface area contributed by atoms with E-state index < -0.39 is 0 Å². The van der Waals surface area contributed by atoms with Gasteiger partial charge in [-0.3, -0.25) is 4.79 Å². The number of benzene rings is 1. The Bertz CT molecular complexity index is 786. The molecule has 2 aliphatic heterocycles. The predicted octanol–water partition coefficient (Wildman–Crippen LogP) is 3.07. The SMILES string of the molecule is O=C(Nc1c(F)cccc1N1CCCC1)C1CCN(c2ncccn2)CC1. The van der Waals surface area contributed by atoms with E-state index in [9.17, 15) is 9.18 Å². The van der Waals surface area contributed by atoms with E-state index in [1.54, 1.807) is 24.5 Å². The van der Waals surface area contributed by atoms with Crippen LogP contribution in [0.2, 0.25) is 0 Å². The van der Waals surface area contributed by atoms with Gasteiger partial charge in [-0.15, -0.1) is 0 Å². The van der Waals surface area contributed by atoms with Crippen molar-refractivity contribution in [3.05, 3.63) is 42.5 Å². The minimum absolute atomic E-state index is 0.103. The Labute approximate surface area is 158 Å². The highest BCUT2D eigenvalue weighted by Gasteiger charge is 2.28. The molecule has 0 unspecified atom stereocenters. The number of aromatic nitrogens is 2. The standard InChI is InChI=1S/C20H24FN5O/c21-16-5-3-6-17(25-11-1-2-12-25)18(16)24-19(27)15-7-13-26(14-8-15)20-22-9-4-10-23-20/h3-6,9-10,15H,1-2,7-8,11-14H2,(H,24,27). The molecule has 6 nitrogen and oxygen atoms in total. The zero-order valence-electron chi connectivity index (χ0n) is 15.3. The summed E-state index contributed by atoms with van der Waals surface area (Å²) in [6, 6.07) is 6.79. The lowest BCUT2D eigenvalue weighted by atomic mass is 9.96. The minimum Gasteiger partial charge on any atom is -0.370 e. The van der Waals surface area contributed by atoms with Crippen molar-refractivity contribution < 1.29 is 9.18 Å². The topological polar surface area (TPSA) is 61.4 Å². The molecule has 0 atom stereocenters. The molecule has 1 amide bonds. The normalized spacial score (nSPS) is 18.0. The molecule has 0 bridgehead atoms. The van der Waals surface area contributed by atoms with Crippen LogP contribution in [0, 0.1) is 11.7 Å². The molecule has 2 saturated heterocycles. The van der Waals surface area contributed by atoms with Crippen LogP contribution in [0.15, 0.2) is 36.7 Å². The maximum atomic E-state index is 14.4. The Morgan fingerprint density at radius 2 is 1.70 bits per heavy atom. The molecule has 0 saturated carbocycles. The number of carbonyl (C=O) groups excluding carboxylic acids is 1. The lowest BCUT2D eigenvalue weighted by Gasteiger charge is -2.31. The summed E-state index contributed by atoms with van der Waals surface area (Å²) in [4.78, 5) is 25.5. The van der Waals surface area contributed by atoms with Crippen LogP contribution in [0.1, 0.15) is 25.7 Å². The molecule has 7 heteroatoms. The third-order valence-electron chi connectivity index (χ3n) is 5.39. The smallest absolute Gasteiger partial charge is 0.227 e. The number of anilines is 3. The van der Waals surface area contributed by atoms with E-state index in [0.717, 1.165) is 44.7 Å². The van der Waals surface area contributed by atoms with Gasteiger partial charge in [-0.1, -0.05) is 6.07 Å². The molecule has 0 spiro atoms. The van der Waals surface area contributed by atoms with Gasteiger partial charge in [-0.25, -0.2) is 14.4 Å². The molecule has 0 aliphatic carbocycles. The molecule has 2 fully saturated rings. The molecule has 27 heavy (non-hydrogen) atoms. The average molecular weight is 369 g/mol. The molecule has 3 heterocycles. The fraction of sp³-hybridized carbons (Fsp3) is 0.450. The quantitative estimate of drug-likeness (QED) is 0.897. The second-order valence-corrected chi connectivity index (χ2v) is 7.13. The Morgan fingerprint density at radius 3 is 2.41 bits per heavy atom. The van der Waals surface area contributed by atoms with Crippen LogP contribution in [0.3, 0.4) is 0 Å². The van der Waals surface area contributed by atoms with Crippen molar-refractivity contribution in [2.24, 2.45) is 5.92 Å². The summed E-state index contributed by atoms with van der Waals surface area (Å²) in [6.45, 7) is 3.25. The summed E-state index contributed by atoms with van der Waals surface area (Å²) < 4.78 is 14.4. The lowest BCUT2D eigenvalue weighted by molar-refractivity contribution is -0.120. The number of nitrogens with one attached hydrogen (secondary N) is 1. The predicted molar refractivity (Wildman–Crippen MR) is 103 cm³/mol. The Balaban J connectivity index is 1.42. The zero-order chi connectivity index (χ0) is 18.6. The zero-order valence-corrected chi connectivity index (χ0v) is 15.3. The fourth-order valence-electron chi connectivity index (χ4n) is 3.88. The summed E-state index contributed by atoms with van der Waals surface area (Å²) in [5, 5.41) is 2.87. The molecule has 1 aromatic heterocycles. The first-order valence-electron chi connectivity index (χ1n) is 9.58. The van der Waals surface area contributed by atoms with Gasteiger partial charge in [0.1, 0.15) is 11.5 Å². The maximum absolute atomic E-state index is 14.4. The largest absolute Gasteiger partial charge is 0.370 e. The van der Waals surface area contributed by atoms with Crippen LogP contribution in [-0.4, -0.2) is 42.1 Å². The molecule has 1 aromatic carbocycles. The van der Waals surface area contributed by atoms with Crippen LogP contribution in [0.5, 0.6) is 0 Å². The van der Waals surface area contributed by atoms with Crippen LogP contribution < -0.4 is 15.1 Å². The number of carbonyl (C=O) groups is 1. The van der Waals surface area contributed by atoms with Crippen LogP contribution in [0.4, 0.5) is 21.7 Å². The Morgan fingerprint density at radius 1 is 1.00 bits per heavy atom. The summed E-state index contributed by atoms with van der Waals surface area (Å²) >= 11 is 0. The van der Waals surface area contributed by atoms with Gasteiger partial charge >= 0.3 is 0 Å². The van der Waals surface area contributed by atoms with Crippen LogP contribution >= 0.6 is 0 Å². The van der Waals surface area contributed by atoms with Crippen molar-refractivity contribution in [1.82, 2.24) is 9.97 Å². The molecular formula is C20H24FN5O. The van der Waals surface area contributed by atoms with Crippen LogP contribution in [-0.2, 0) is 4.79 Å². The van der Waals surface area contributed by atoms with Crippen LogP contribution in [0.25, 0.3) is 0 Å². The van der Waals surface area contributed by atoms with E-state index in [-0.39, 0.29) is 17.6 Å². The van der Waals surface area contributed by atoms with Crippen molar-refractivity contribution in [3.63, 3.8) is 0 Å². The summed E-state index contributed by atoms with van der Waals surface area (Å²) in [6.07, 6.45) is 7.06. The van der Waals surface area contributed by atoms with Crippen molar-refractivity contribution in [2.45, 2.75) is 25.7 Å². The molecule has 0 radical (unpaired) electrons. The highest BCUT2D eigenvalue weighted by molar-refractivity contribution is 5.96. The van der Waals surface area contributed by atoms with Gasteiger partial charge < -0.3 is 15.1 Å². The van der Waals surface area contributed by atoms with Gasteiger partial charge in [-0.2, -0.15) is 0 Å². The molecule has 2 aromatic rings. The second-order valence-electron chi connectivity index (χ2n) is 7.13. The minimum atomic E-state index is -0.372. The van der Waals surface area contributed by atoms with Gasteiger partial charge in [-0.05, 0) is 43.9 Å². The molecular weight excluding hydrogens is 345 g/mol. The number of halogens is 1. The first kappa shape index (κ1) is 17.7. The van der Waals surface area contributed by atoms with E-state index in [0.29, 0.717) is 24.5 Å². The van der Waals surface area contributed by atoms with Crippen molar-refractivity contribution in [1.29, 1.82) is 0 Å². The Hall–Kier alpha value is -2.70. The number of nitrogens with zero attached hydrogens (tertiary/aromatic N) is 4. The van der Waals surface area contributed by atoms with E-state index in [2.05, 4.69) is 25.1 Å². The van der Waals surface area contributed by atoms with E-state index in [1.165, 1.54) is 6.07 Å². The summed E-state index contributed by atoms with van der Waals surface area (Å²) in [7, 11) is 0.